The van der Waals surface area contributed by atoms with Crippen LogP contribution in [0.2, 0.25) is 0 Å². The van der Waals surface area contributed by atoms with Crippen molar-refractivity contribution in [3.63, 3.8) is 0 Å². The maximum Gasteiger partial charge on any atom is 0.163 e. The fourth-order valence-electron chi connectivity index (χ4n) is 3.52. The number of allylic oxidation sites excluding steroid dienone is 1. The summed E-state index contributed by atoms with van der Waals surface area (Å²) in [6.07, 6.45) is 1.92. The third-order valence-corrected chi connectivity index (χ3v) is 3.95. The molecule has 0 spiro atoms. The van der Waals surface area contributed by atoms with E-state index in [1.807, 2.05) is 12.0 Å². The van der Waals surface area contributed by atoms with Gasteiger partial charge in [0, 0.05) is 5.57 Å². The number of carbonyl (C=O) groups is 1. The minimum atomic E-state index is -0.346. The molecule has 19 heavy (non-hydrogen) atoms. The van der Waals surface area contributed by atoms with E-state index in [-0.39, 0.29) is 23.0 Å². The zero-order valence-corrected chi connectivity index (χ0v) is 12.8. The molecule has 0 N–H and O–H groups in total. The predicted molar refractivity (Wildman–Crippen MR) is 73.3 cm³/mol. The van der Waals surface area contributed by atoms with Gasteiger partial charge < -0.3 is 9.57 Å². The maximum absolute atomic E-state index is 11.9. The number of ketones is 1. The highest BCUT2D eigenvalue weighted by molar-refractivity contribution is 5.99. The molecule has 0 radical (unpaired) electrons. The van der Waals surface area contributed by atoms with Gasteiger partial charge in [-0.3, -0.25) is 4.79 Å². The van der Waals surface area contributed by atoms with E-state index in [0.717, 1.165) is 11.1 Å². The van der Waals surface area contributed by atoms with E-state index >= 15 is 0 Å². The molecule has 2 aliphatic rings. The highest BCUT2D eigenvalue weighted by atomic mass is 16.7. The summed E-state index contributed by atoms with van der Waals surface area (Å²) in [5.74, 6) is 0.772. The number of hydrogen-bond donors (Lipinski definition) is 0. The Balaban J connectivity index is 2.59. The molecule has 2 aliphatic heterocycles. The summed E-state index contributed by atoms with van der Waals surface area (Å²) < 4.78 is 5.95. The first-order chi connectivity index (χ1) is 8.63. The van der Waals surface area contributed by atoms with E-state index in [0.29, 0.717) is 5.76 Å². The fourth-order valence-corrected chi connectivity index (χ4v) is 3.52. The second kappa shape index (κ2) is 4.18. The first-order valence-electron chi connectivity index (χ1n) is 6.59. The number of carbonyl (C=O) groups excluding carboxylic acids is 1. The van der Waals surface area contributed by atoms with E-state index in [2.05, 4.69) is 33.8 Å². The average Bonchev–Trinajstić information content (AvgIpc) is 2.53. The lowest BCUT2D eigenvalue weighted by Crippen LogP contribution is -2.62. The van der Waals surface area contributed by atoms with Crippen LogP contribution in [0.1, 0.15) is 41.5 Å². The van der Waals surface area contributed by atoms with Crippen LogP contribution in [-0.4, -0.2) is 35.1 Å². The molecule has 0 bridgehead atoms. The van der Waals surface area contributed by atoms with Gasteiger partial charge in [0.1, 0.15) is 11.9 Å². The van der Waals surface area contributed by atoms with Gasteiger partial charge >= 0.3 is 0 Å². The van der Waals surface area contributed by atoms with Crippen LogP contribution >= 0.6 is 0 Å². The number of fused-ring (bicyclic) bond motifs is 1. The van der Waals surface area contributed by atoms with Crippen LogP contribution < -0.4 is 0 Å². The van der Waals surface area contributed by atoms with Gasteiger partial charge in [0.25, 0.3) is 0 Å². The van der Waals surface area contributed by atoms with Crippen LogP contribution in [-0.2, 0) is 14.4 Å². The summed E-state index contributed by atoms with van der Waals surface area (Å²) in [6, 6.07) is 0. The standard InChI is InChI=1S/C15H23NO3/c1-9(17)12-10(2)19-13-11(12)8-14(3,4)16(18-7)15(13,5)6/h8,13H,1-7H3. The number of hydrogen-bond acceptors (Lipinski definition) is 4. The molecule has 0 fully saturated rings. The van der Waals surface area contributed by atoms with Crippen molar-refractivity contribution in [2.45, 2.75) is 58.7 Å². The van der Waals surface area contributed by atoms with Crippen molar-refractivity contribution in [2.24, 2.45) is 0 Å². The lowest BCUT2D eigenvalue weighted by molar-refractivity contribution is -0.258. The van der Waals surface area contributed by atoms with E-state index in [1.54, 1.807) is 14.0 Å². The van der Waals surface area contributed by atoms with Gasteiger partial charge in [0.2, 0.25) is 0 Å². The summed E-state index contributed by atoms with van der Waals surface area (Å²) in [6.45, 7) is 11.8. The van der Waals surface area contributed by atoms with Crippen LogP contribution in [0.15, 0.2) is 23.0 Å². The minimum Gasteiger partial charge on any atom is -0.488 e. The highest BCUT2D eigenvalue weighted by Crippen LogP contribution is 2.46. The first-order valence-corrected chi connectivity index (χ1v) is 6.59. The van der Waals surface area contributed by atoms with Gasteiger partial charge in [-0.05, 0) is 41.5 Å². The normalized spacial score (nSPS) is 28.8. The van der Waals surface area contributed by atoms with Crippen LogP contribution in [0, 0.1) is 0 Å². The lowest BCUT2D eigenvalue weighted by Gasteiger charge is -2.51. The van der Waals surface area contributed by atoms with Crippen LogP contribution in [0.3, 0.4) is 0 Å². The molecule has 0 amide bonds. The number of nitrogens with zero attached hydrogens (tertiary/aromatic N) is 1. The van der Waals surface area contributed by atoms with Crippen molar-refractivity contribution in [2.75, 3.05) is 7.11 Å². The van der Waals surface area contributed by atoms with Crippen LogP contribution in [0.5, 0.6) is 0 Å². The number of hydroxylamine groups is 2. The second-order valence-electron chi connectivity index (χ2n) is 6.37. The molecule has 2 heterocycles. The largest absolute Gasteiger partial charge is 0.488 e. The van der Waals surface area contributed by atoms with Gasteiger partial charge in [0.15, 0.2) is 5.78 Å². The molecule has 4 nitrogen and oxygen atoms in total. The molecule has 1 atom stereocenters. The summed E-state index contributed by atoms with van der Waals surface area (Å²) in [7, 11) is 1.67. The zero-order valence-electron chi connectivity index (χ0n) is 12.8. The van der Waals surface area contributed by atoms with Gasteiger partial charge in [-0.15, -0.1) is 0 Å². The van der Waals surface area contributed by atoms with E-state index in [4.69, 9.17) is 9.57 Å². The van der Waals surface area contributed by atoms with E-state index < -0.39 is 0 Å². The number of ether oxygens (including phenoxy) is 1. The Bertz CT molecular complexity index is 486. The number of Topliss-reactive ketones (excluding diaryl/α,β-unsaturated/α-hetero) is 1. The first kappa shape index (κ1) is 14.3. The van der Waals surface area contributed by atoms with Crippen molar-refractivity contribution in [1.82, 2.24) is 5.06 Å². The predicted octanol–water partition coefficient (Wildman–Crippen LogP) is 2.61. The fraction of sp³-hybridized carbons (Fsp3) is 0.667. The van der Waals surface area contributed by atoms with Crippen LogP contribution in [0.4, 0.5) is 0 Å². The molecule has 0 saturated carbocycles. The van der Waals surface area contributed by atoms with E-state index in [1.165, 1.54) is 0 Å². The quantitative estimate of drug-likeness (QED) is 0.769. The topological polar surface area (TPSA) is 38.8 Å². The Kier molecular flexibility index (Phi) is 3.14. The second-order valence-corrected chi connectivity index (χ2v) is 6.37. The minimum absolute atomic E-state index is 0.0590. The third kappa shape index (κ3) is 1.94. The van der Waals surface area contributed by atoms with Crippen molar-refractivity contribution < 1.29 is 14.4 Å². The Hall–Kier alpha value is -1.13. The molecule has 0 aliphatic carbocycles. The third-order valence-electron chi connectivity index (χ3n) is 3.95. The zero-order chi connectivity index (χ0) is 14.6. The lowest BCUT2D eigenvalue weighted by atomic mass is 9.78. The highest BCUT2D eigenvalue weighted by Gasteiger charge is 2.53. The summed E-state index contributed by atoms with van der Waals surface area (Å²) >= 11 is 0. The SMILES string of the molecule is CON1C(C)(C)C=C2C(C(C)=O)=C(C)OC2C1(C)C. The number of rotatable bonds is 2. The molecule has 4 heteroatoms. The molecule has 0 aromatic heterocycles. The Labute approximate surface area is 115 Å². The van der Waals surface area contributed by atoms with Crippen LogP contribution in [0.25, 0.3) is 0 Å². The van der Waals surface area contributed by atoms with E-state index in [9.17, 15) is 4.79 Å². The molecule has 0 aromatic rings. The van der Waals surface area contributed by atoms with Crippen molar-refractivity contribution in [3.05, 3.63) is 23.0 Å². The summed E-state index contributed by atoms with van der Waals surface area (Å²) in [5.41, 5.74) is 1.08. The molecule has 1 unspecified atom stereocenters. The molecule has 106 valence electrons. The monoisotopic (exact) mass is 265 g/mol. The van der Waals surface area contributed by atoms with Gasteiger partial charge in [-0.1, -0.05) is 6.08 Å². The summed E-state index contributed by atoms with van der Waals surface area (Å²) in [4.78, 5) is 17.4. The Morgan fingerprint density at radius 1 is 1.37 bits per heavy atom. The van der Waals surface area contributed by atoms with Crippen molar-refractivity contribution in [1.29, 1.82) is 0 Å². The van der Waals surface area contributed by atoms with Gasteiger partial charge in [-0.2, -0.15) is 5.06 Å². The van der Waals surface area contributed by atoms with Gasteiger partial charge in [0.05, 0.1) is 23.8 Å². The molecule has 0 saturated heterocycles. The maximum atomic E-state index is 11.9. The Morgan fingerprint density at radius 2 is 1.95 bits per heavy atom. The molecule has 2 rings (SSSR count). The smallest absolute Gasteiger partial charge is 0.163 e. The Morgan fingerprint density at radius 3 is 2.42 bits per heavy atom. The molecule has 0 aromatic carbocycles. The van der Waals surface area contributed by atoms with Crippen molar-refractivity contribution in [3.8, 4) is 0 Å². The average molecular weight is 265 g/mol. The van der Waals surface area contributed by atoms with Gasteiger partial charge in [-0.25, -0.2) is 0 Å². The van der Waals surface area contributed by atoms with Crippen molar-refractivity contribution >= 4 is 5.78 Å². The molecular weight excluding hydrogens is 242 g/mol. The molecular formula is C15H23NO3. The summed E-state index contributed by atoms with van der Waals surface area (Å²) in [5, 5.41) is 1.94.